The first-order valence-corrected chi connectivity index (χ1v) is 6.49. The largest absolute Gasteiger partial charge is 0.495 e. The number of anilines is 1. The lowest BCUT2D eigenvalue weighted by Crippen LogP contribution is -2.45. The highest BCUT2D eigenvalue weighted by Gasteiger charge is 2.14. The van der Waals surface area contributed by atoms with Crippen molar-refractivity contribution in [3.63, 3.8) is 0 Å². The second-order valence-corrected chi connectivity index (χ2v) is 4.51. The van der Waals surface area contributed by atoms with Crippen LogP contribution in [0.5, 0.6) is 5.75 Å². The maximum atomic E-state index is 11.9. The molecule has 0 saturated heterocycles. The van der Waals surface area contributed by atoms with Crippen molar-refractivity contribution >= 4 is 28.9 Å². The summed E-state index contributed by atoms with van der Waals surface area (Å²) in [4.78, 5) is 12.2. The van der Waals surface area contributed by atoms with Crippen LogP contribution in [0.3, 0.4) is 0 Å². The molecule has 0 radical (unpaired) electrons. The molecule has 6 heteroatoms. The van der Waals surface area contributed by atoms with Crippen molar-refractivity contribution in [2.45, 2.75) is 25.8 Å². The lowest BCUT2D eigenvalue weighted by atomic mass is 10.2. The van der Waals surface area contributed by atoms with Gasteiger partial charge in [0.15, 0.2) is 0 Å². The van der Waals surface area contributed by atoms with Crippen LogP contribution in [0.4, 0.5) is 10.5 Å². The van der Waals surface area contributed by atoms with Crippen molar-refractivity contribution in [1.29, 1.82) is 0 Å². The molecule has 0 fully saturated rings. The molecule has 1 aromatic rings. The van der Waals surface area contributed by atoms with E-state index in [0.717, 1.165) is 6.42 Å². The number of amides is 2. The van der Waals surface area contributed by atoms with Gasteiger partial charge in [-0.1, -0.05) is 37.7 Å². The van der Waals surface area contributed by atoms with E-state index < -0.39 is 0 Å². The van der Waals surface area contributed by atoms with Crippen LogP contribution >= 0.6 is 12.2 Å². The van der Waals surface area contributed by atoms with Crippen molar-refractivity contribution < 1.29 is 9.53 Å². The Balaban J connectivity index is 2.66. The van der Waals surface area contributed by atoms with Crippen LogP contribution in [0.1, 0.15) is 19.8 Å². The lowest BCUT2D eigenvalue weighted by molar-refractivity contribution is 0.250. The van der Waals surface area contributed by atoms with Gasteiger partial charge in [-0.25, -0.2) is 4.79 Å². The third-order valence-corrected chi connectivity index (χ3v) is 2.87. The summed E-state index contributed by atoms with van der Waals surface area (Å²) < 4.78 is 5.15. The Hall–Kier alpha value is -1.82. The molecule has 0 aliphatic carbocycles. The van der Waals surface area contributed by atoms with Crippen LogP contribution in [0.15, 0.2) is 24.3 Å². The summed E-state index contributed by atoms with van der Waals surface area (Å²) in [5.41, 5.74) is 6.18. The number of benzene rings is 1. The monoisotopic (exact) mass is 281 g/mol. The molecule has 1 unspecified atom stereocenters. The predicted octanol–water partition coefficient (Wildman–Crippen LogP) is 2.27. The van der Waals surface area contributed by atoms with Crippen molar-refractivity contribution in [3.05, 3.63) is 24.3 Å². The van der Waals surface area contributed by atoms with Gasteiger partial charge in [0.05, 0.1) is 23.8 Å². The zero-order valence-electron chi connectivity index (χ0n) is 11.1. The first-order valence-electron chi connectivity index (χ1n) is 6.08. The highest BCUT2D eigenvalue weighted by atomic mass is 32.1. The molecule has 19 heavy (non-hydrogen) atoms. The topological polar surface area (TPSA) is 76.4 Å². The number of rotatable bonds is 6. The van der Waals surface area contributed by atoms with Crippen molar-refractivity contribution in [3.8, 4) is 5.75 Å². The normalized spacial score (nSPS) is 11.5. The standard InChI is InChI=1S/C13H19N3O2S/c1-3-6-10(12(14)19)16-13(17)15-9-7-4-5-8-11(9)18-2/h4-5,7-8,10H,3,6H2,1-2H3,(H2,14,19)(H2,15,16,17). The number of methoxy groups -OCH3 is 1. The number of nitrogens with one attached hydrogen (secondary N) is 2. The number of hydrogen-bond donors (Lipinski definition) is 3. The Morgan fingerprint density at radius 1 is 1.47 bits per heavy atom. The van der Waals surface area contributed by atoms with E-state index in [1.807, 2.05) is 19.1 Å². The number of carbonyl (C=O) groups excluding carboxylic acids is 1. The average molecular weight is 281 g/mol. The van der Waals surface area contributed by atoms with Gasteiger partial charge < -0.3 is 21.1 Å². The highest BCUT2D eigenvalue weighted by Crippen LogP contribution is 2.22. The van der Waals surface area contributed by atoms with E-state index in [-0.39, 0.29) is 17.1 Å². The molecule has 4 N–H and O–H groups in total. The van der Waals surface area contributed by atoms with Crippen LogP contribution < -0.4 is 21.1 Å². The van der Waals surface area contributed by atoms with Crippen molar-refractivity contribution in [1.82, 2.24) is 5.32 Å². The molecular formula is C13H19N3O2S. The number of hydrogen-bond acceptors (Lipinski definition) is 3. The Bertz CT molecular complexity index is 451. The molecule has 5 nitrogen and oxygen atoms in total. The molecule has 1 rings (SSSR count). The van der Waals surface area contributed by atoms with Gasteiger partial charge in [-0.3, -0.25) is 0 Å². The van der Waals surface area contributed by atoms with Gasteiger partial charge in [0.2, 0.25) is 0 Å². The summed E-state index contributed by atoms with van der Waals surface area (Å²) in [6, 6.07) is 6.53. The van der Waals surface area contributed by atoms with E-state index in [0.29, 0.717) is 17.9 Å². The molecule has 0 spiro atoms. The minimum Gasteiger partial charge on any atom is -0.495 e. The lowest BCUT2D eigenvalue weighted by Gasteiger charge is -2.17. The molecule has 0 aromatic heterocycles. The molecule has 1 atom stereocenters. The van der Waals surface area contributed by atoms with Crippen molar-refractivity contribution in [2.24, 2.45) is 5.73 Å². The summed E-state index contributed by atoms with van der Waals surface area (Å²) in [6.07, 6.45) is 1.60. The summed E-state index contributed by atoms with van der Waals surface area (Å²) in [5.74, 6) is 0.597. The van der Waals surface area contributed by atoms with Crippen LogP contribution in [0.2, 0.25) is 0 Å². The first kappa shape index (κ1) is 15.2. The summed E-state index contributed by atoms with van der Waals surface area (Å²) in [5, 5.41) is 5.46. The molecule has 104 valence electrons. The van der Waals surface area contributed by atoms with E-state index in [9.17, 15) is 4.79 Å². The smallest absolute Gasteiger partial charge is 0.319 e. The average Bonchev–Trinajstić information content (AvgIpc) is 2.38. The quantitative estimate of drug-likeness (QED) is 0.699. The zero-order chi connectivity index (χ0) is 14.3. The molecular weight excluding hydrogens is 262 g/mol. The second kappa shape index (κ2) is 7.58. The third-order valence-electron chi connectivity index (χ3n) is 2.58. The molecule has 0 bridgehead atoms. The summed E-state index contributed by atoms with van der Waals surface area (Å²) >= 11 is 4.92. The van der Waals surface area contributed by atoms with Crippen molar-refractivity contribution in [2.75, 3.05) is 12.4 Å². The van der Waals surface area contributed by atoms with Crippen LogP contribution in [0, 0.1) is 0 Å². The first-order chi connectivity index (χ1) is 9.08. The highest BCUT2D eigenvalue weighted by molar-refractivity contribution is 7.80. The molecule has 0 heterocycles. The van der Waals surface area contributed by atoms with Gasteiger partial charge in [0.25, 0.3) is 0 Å². The maximum Gasteiger partial charge on any atom is 0.319 e. The molecule has 1 aromatic carbocycles. The van der Waals surface area contributed by atoms with Gasteiger partial charge in [0.1, 0.15) is 5.75 Å². The van der Waals surface area contributed by atoms with E-state index in [4.69, 9.17) is 22.7 Å². The Kier molecular flexibility index (Phi) is 6.08. The fraction of sp³-hybridized carbons (Fsp3) is 0.385. The Morgan fingerprint density at radius 2 is 2.16 bits per heavy atom. The van der Waals surface area contributed by atoms with Gasteiger partial charge in [-0.05, 0) is 18.6 Å². The predicted molar refractivity (Wildman–Crippen MR) is 80.6 cm³/mol. The Morgan fingerprint density at radius 3 is 2.74 bits per heavy atom. The van der Waals surface area contributed by atoms with Crippen LogP contribution in [-0.4, -0.2) is 24.2 Å². The van der Waals surface area contributed by atoms with E-state index in [1.54, 1.807) is 19.2 Å². The van der Waals surface area contributed by atoms with Crippen LogP contribution in [-0.2, 0) is 0 Å². The maximum absolute atomic E-state index is 11.9. The fourth-order valence-corrected chi connectivity index (χ4v) is 1.82. The molecule has 0 aliphatic heterocycles. The number of carbonyl (C=O) groups is 1. The fourth-order valence-electron chi connectivity index (χ4n) is 1.64. The summed E-state index contributed by atoms with van der Waals surface area (Å²) in [6.45, 7) is 2.01. The van der Waals surface area contributed by atoms with Gasteiger partial charge in [-0.2, -0.15) is 0 Å². The van der Waals surface area contributed by atoms with Gasteiger partial charge in [0, 0.05) is 0 Å². The number of ether oxygens (including phenoxy) is 1. The van der Waals surface area contributed by atoms with Gasteiger partial charge >= 0.3 is 6.03 Å². The second-order valence-electron chi connectivity index (χ2n) is 4.04. The van der Waals surface area contributed by atoms with Crippen LogP contribution in [0.25, 0.3) is 0 Å². The molecule has 0 aliphatic rings. The van der Waals surface area contributed by atoms with E-state index in [1.165, 1.54) is 0 Å². The minimum absolute atomic E-state index is 0.289. The number of thiocarbonyl (C=S) groups is 1. The van der Waals surface area contributed by atoms with E-state index >= 15 is 0 Å². The minimum atomic E-state index is -0.351. The van der Waals surface area contributed by atoms with E-state index in [2.05, 4.69) is 10.6 Å². The zero-order valence-corrected chi connectivity index (χ0v) is 11.9. The number of para-hydroxylation sites is 2. The van der Waals surface area contributed by atoms with Gasteiger partial charge in [-0.15, -0.1) is 0 Å². The number of nitrogens with two attached hydrogens (primary N) is 1. The Labute approximate surface area is 118 Å². The third kappa shape index (κ3) is 4.75. The molecule has 0 saturated carbocycles. The number of urea groups is 1. The molecule has 2 amide bonds. The summed E-state index contributed by atoms with van der Waals surface area (Å²) in [7, 11) is 1.55. The SMILES string of the molecule is CCCC(NC(=O)Nc1ccccc1OC)C(N)=S.